The van der Waals surface area contributed by atoms with Gasteiger partial charge in [-0.1, -0.05) is 25.0 Å². The minimum absolute atomic E-state index is 0.743. The molecule has 0 atom stereocenters. The summed E-state index contributed by atoms with van der Waals surface area (Å²) >= 11 is 0. The van der Waals surface area contributed by atoms with Crippen LogP contribution in [0.1, 0.15) is 36.8 Å². The van der Waals surface area contributed by atoms with Gasteiger partial charge in [-0.2, -0.15) is 5.26 Å². The van der Waals surface area contributed by atoms with Crippen LogP contribution in [-0.2, 0) is 6.54 Å². The second kappa shape index (κ2) is 5.14. The molecule has 1 saturated carbocycles. The van der Waals surface area contributed by atoms with E-state index in [1.54, 1.807) is 0 Å². The van der Waals surface area contributed by atoms with Gasteiger partial charge < -0.3 is 0 Å². The molecule has 1 aromatic rings. The van der Waals surface area contributed by atoms with Gasteiger partial charge in [0.1, 0.15) is 0 Å². The minimum atomic E-state index is 0.743. The largest absolute Gasteiger partial charge is 0.299 e. The van der Waals surface area contributed by atoms with E-state index in [0.29, 0.717) is 0 Å². The summed E-state index contributed by atoms with van der Waals surface area (Å²) in [7, 11) is 2.20. The number of hydrogen-bond acceptors (Lipinski definition) is 2. The molecule has 84 valence electrons. The molecule has 0 spiro atoms. The molecule has 0 bridgehead atoms. The van der Waals surface area contributed by atoms with Crippen LogP contribution in [0.3, 0.4) is 0 Å². The van der Waals surface area contributed by atoms with Gasteiger partial charge in [0.25, 0.3) is 0 Å². The van der Waals surface area contributed by atoms with Crippen molar-refractivity contribution >= 4 is 0 Å². The maximum Gasteiger partial charge on any atom is 0.0991 e. The molecule has 0 heterocycles. The molecule has 0 radical (unpaired) electrons. The highest BCUT2D eigenvalue weighted by Crippen LogP contribution is 2.23. The highest BCUT2D eigenvalue weighted by Gasteiger charge is 2.19. The first-order valence-electron chi connectivity index (χ1n) is 5.99. The molecule has 16 heavy (non-hydrogen) atoms. The van der Waals surface area contributed by atoms with E-state index < -0.39 is 0 Å². The zero-order chi connectivity index (χ0) is 11.4. The Morgan fingerprint density at radius 3 is 2.44 bits per heavy atom. The smallest absolute Gasteiger partial charge is 0.0991 e. The van der Waals surface area contributed by atoms with Crippen molar-refractivity contribution in [3.8, 4) is 6.07 Å². The van der Waals surface area contributed by atoms with Gasteiger partial charge in [0.05, 0.1) is 11.6 Å². The van der Waals surface area contributed by atoms with Crippen LogP contribution in [0.5, 0.6) is 0 Å². The molecule has 2 heteroatoms. The highest BCUT2D eigenvalue weighted by atomic mass is 15.1. The lowest BCUT2D eigenvalue weighted by Gasteiger charge is -2.23. The van der Waals surface area contributed by atoms with E-state index in [1.807, 2.05) is 12.1 Å². The number of hydrogen-bond donors (Lipinski definition) is 0. The summed E-state index contributed by atoms with van der Waals surface area (Å²) in [6.07, 6.45) is 5.43. The van der Waals surface area contributed by atoms with Gasteiger partial charge in [0.15, 0.2) is 0 Å². The summed E-state index contributed by atoms with van der Waals surface area (Å²) < 4.78 is 0. The number of nitriles is 1. The number of rotatable bonds is 3. The van der Waals surface area contributed by atoms with Gasteiger partial charge in [-0.15, -0.1) is 0 Å². The van der Waals surface area contributed by atoms with Crippen molar-refractivity contribution in [2.24, 2.45) is 0 Å². The van der Waals surface area contributed by atoms with Crippen LogP contribution in [0.15, 0.2) is 24.3 Å². The Morgan fingerprint density at radius 2 is 1.88 bits per heavy atom. The van der Waals surface area contributed by atoms with Crippen LogP contribution in [0.25, 0.3) is 0 Å². The second-order valence-electron chi connectivity index (χ2n) is 4.66. The highest BCUT2D eigenvalue weighted by molar-refractivity contribution is 5.31. The fraction of sp³-hybridized carbons (Fsp3) is 0.500. The van der Waals surface area contributed by atoms with Crippen molar-refractivity contribution in [1.29, 1.82) is 5.26 Å². The van der Waals surface area contributed by atoms with E-state index in [4.69, 9.17) is 5.26 Å². The first-order chi connectivity index (χ1) is 7.79. The first-order valence-corrected chi connectivity index (χ1v) is 5.99. The zero-order valence-electron chi connectivity index (χ0n) is 9.82. The summed E-state index contributed by atoms with van der Waals surface area (Å²) in [6.45, 7) is 0.996. The van der Waals surface area contributed by atoms with E-state index in [2.05, 4.69) is 30.1 Å². The monoisotopic (exact) mass is 214 g/mol. The minimum Gasteiger partial charge on any atom is -0.299 e. The SMILES string of the molecule is CN(Cc1ccc(C#N)cc1)C1CCCC1. The number of nitrogens with zero attached hydrogens (tertiary/aromatic N) is 2. The van der Waals surface area contributed by atoms with Gasteiger partial charge in [0, 0.05) is 12.6 Å². The summed E-state index contributed by atoms with van der Waals surface area (Å²) in [6, 6.07) is 10.8. The predicted molar refractivity (Wildman–Crippen MR) is 64.9 cm³/mol. The van der Waals surface area contributed by atoms with Crippen LogP contribution in [0.2, 0.25) is 0 Å². The molecular formula is C14H18N2. The Labute approximate surface area is 97.5 Å². The molecule has 1 aliphatic carbocycles. The molecule has 2 nitrogen and oxygen atoms in total. The molecule has 0 aromatic heterocycles. The van der Waals surface area contributed by atoms with Crippen LogP contribution < -0.4 is 0 Å². The third-order valence-electron chi connectivity index (χ3n) is 3.46. The van der Waals surface area contributed by atoms with E-state index in [-0.39, 0.29) is 0 Å². The average Bonchev–Trinajstić information content (AvgIpc) is 2.83. The summed E-state index contributed by atoms with van der Waals surface area (Å²) in [5.41, 5.74) is 2.04. The lowest BCUT2D eigenvalue weighted by molar-refractivity contribution is 0.237. The molecule has 1 aliphatic rings. The van der Waals surface area contributed by atoms with Crippen molar-refractivity contribution in [2.75, 3.05) is 7.05 Å². The normalized spacial score (nSPS) is 16.6. The average molecular weight is 214 g/mol. The van der Waals surface area contributed by atoms with Crippen molar-refractivity contribution in [3.63, 3.8) is 0 Å². The van der Waals surface area contributed by atoms with Crippen LogP contribution in [-0.4, -0.2) is 18.0 Å². The topological polar surface area (TPSA) is 27.0 Å². The third-order valence-corrected chi connectivity index (χ3v) is 3.46. The number of benzene rings is 1. The quantitative estimate of drug-likeness (QED) is 0.773. The Kier molecular flexibility index (Phi) is 3.58. The Bertz CT molecular complexity index is 369. The second-order valence-corrected chi connectivity index (χ2v) is 4.66. The molecule has 1 aromatic carbocycles. The van der Waals surface area contributed by atoms with Crippen molar-refractivity contribution in [2.45, 2.75) is 38.3 Å². The van der Waals surface area contributed by atoms with E-state index in [1.165, 1.54) is 31.2 Å². The van der Waals surface area contributed by atoms with Gasteiger partial charge in [0.2, 0.25) is 0 Å². The molecule has 1 fully saturated rings. The van der Waals surface area contributed by atoms with Crippen LogP contribution in [0, 0.1) is 11.3 Å². The van der Waals surface area contributed by atoms with E-state index in [9.17, 15) is 0 Å². The van der Waals surface area contributed by atoms with Crippen molar-refractivity contribution in [1.82, 2.24) is 4.90 Å². The summed E-state index contributed by atoms with van der Waals surface area (Å²) in [5.74, 6) is 0. The van der Waals surface area contributed by atoms with Crippen molar-refractivity contribution < 1.29 is 0 Å². The standard InChI is InChI=1S/C14H18N2/c1-16(14-4-2-3-5-14)11-13-8-6-12(10-15)7-9-13/h6-9,14H,2-5,11H2,1H3. The van der Waals surface area contributed by atoms with Gasteiger partial charge in [-0.05, 0) is 37.6 Å². The fourth-order valence-electron chi connectivity index (χ4n) is 2.45. The maximum atomic E-state index is 8.72. The van der Waals surface area contributed by atoms with E-state index in [0.717, 1.165) is 18.2 Å². The van der Waals surface area contributed by atoms with Crippen LogP contribution in [0.4, 0.5) is 0 Å². The summed E-state index contributed by atoms with van der Waals surface area (Å²) in [4.78, 5) is 2.44. The lowest BCUT2D eigenvalue weighted by atomic mass is 10.1. The van der Waals surface area contributed by atoms with Gasteiger partial charge >= 0.3 is 0 Å². The third kappa shape index (κ3) is 2.62. The van der Waals surface area contributed by atoms with E-state index >= 15 is 0 Å². The van der Waals surface area contributed by atoms with Gasteiger partial charge in [-0.3, -0.25) is 4.90 Å². The Hall–Kier alpha value is -1.33. The molecule has 2 rings (SSSR count). The molecule has 0 amide bonds. The molecule has 0 N–H and O–H groups in total. The molecule has 0 aliphatic heterocycles. The Balaban J connectivity index is 1.95. The van der Waals surface area contributed by atoms with Gasteiger partial charge in [-0.25, -0.2) is 0 Å². The zero-order valence-corrected chi connectivity index (χ0v) is 9.82. The summed E-state index contributed by atoms with van der Waals surface area (Å²) in [5, 5.41) is 8.72. The Morgan fingerprint density at radius 1 is 1.25 bits per heavy atom. The van der Waals surface area contributed by atoms with Crippen LogP contribution >= 0.6 is 0 Å². The first kappa shape index (κ1) is 11.2. The molecule has 0 unspecified atom stereocenters. The lowest BCUT2D eigenvalue weighted by Crippen LogP contribution is -2.28. The predicted octanol–water partition coefficient (Wildman–Crippen LogP) is 2.93. The van der Waals surface area contributed by atoms with Crippen molar-refractivity contribution in [3.05, 3.63) is 35.4 Å². The fourth-order valence-corrected chi connectivity index (χ4v) is 2.45. The maximum absolute atomic E-state index is 8.72. The molecule has 0 saturated heterocycles. The molecular weight excluding hydrogens is 196 g/mol.